The molecule has 1 rings (SSSR count). The van der Waals surface area contributed by atoms with E-state index in [9.17, 15) is 0 Å². The molecule has 1 aromatic rings. The van der Waals surface area contributed by atoms with Crippen LogP contribution in [0.4, 0.5) is 0 Å². The first-order chi connectivity index (χ1) is 4.74. The van der Waals surface area contributed by atoms with Gasteiger partial charge in [0.1, 0.15) is 6.04 Å². The first-order valence-electron chi connectivity index (χ1n) is 2.88. The smallest absolute Gasteiger partial charge is 0.121 e. The maximum absolute atomic E-state index is 8.39. The monoisotopic (exact) mass is 136 g/mol. The molecule has 1 atom stereocenters. The Morgan fingerprint density at radius 1 is 1.90 bits per heavy atom. The van der Waals surface area contributed by atoms with Gasteiger partial charge in [-0.25, -0.2) is 0 Å². The third kappa shape index (κ3) is 1.14. The van der Waals surface area contributed by atoms with E-state index in [0.29, 0.717) is 0 Å². The van der Waals surface area contributed by atoms with Crippen molar-refractivity contribution in [2.75, 3.05) is 0 Å². The van der Waals surface area contributed by atoms with Gasteiger partial charge >= 0.3 is 0 Å². The highest BCUT2D eigenvalue weighted by molar-refractivity contribution is 5.16. The summed E-state index contributed by atoms with van der Waals surface area (Å²) >= 11 is 0. The molecular weight excluding hydrogens is 128 g/mol. The zero-order chi connectivity index (χ0) is 7.56. The number of nitriles is 1. The molecule has 52 valence electrons. The SMILES string of the molecule is Cn1cc([C@H](N)C#N)cn1. The normalized spacial score (nSPS) is 12.5. The molecule has 1 heterocycles. The Hall–Kier alpha value is -1.34. The first kappa shape index (κ1) is 6.78. The molecule has 0 aliphatic heterocycles. The van der Waals surface area contributed by atoms with E-state index in [2.05, 4.69) is 5.10 Å². The zero-order valence-corrected chi connectivity index (χ0v) is 5.65. The van der Waals surface area contributed by atoms with Crippen LogP contribution < -0.4 is 5.73 Å². The van der Waals surface area contributed by atoms with E-state index in [4.69, 9.17) is 11.0 Å². The van der Waals surface area contributed by atoms with Gasteiger partial charge in [-0.3, -0.25) is 4.68 Å². The average Bonchev–Trinajstić information content (AvgIpc) is 2.34. The molecule has 0 saturated heterocycles. The number of rotatable bonds is 1. The summed E-state index contributed by atoms with van der Waals surface area (Å²) in [5.41, 5.74) is 6.15. The van der Waals surface area contributed by atoms with Crippen LogP contribution >= 0.6 is 0 Å². The molecule has 4 nitrogen and oxygen atoms in total. The minimum Gasteiger partial charge on any atom is -0.312 e. The topological polar surface area (TPSA) is 67.6 Å². The number of aryl methyl sites for hydroxylation is 1. The van der Waals surface area contributed by atoms with E-state index >= 15 is 0 Å². The lowest BCUT2D eigenvalue weighted by Crippen LogP contribution is -2.05. The highest BCUT2D eigenvalue weighted by Gasteiger charge is 2.04. The lowest BCUT2D eigenvalue weighted by atomic mass is 10.2. The quantitative estimate of drug-likeness (QED) is 0.588. The lowest BCUT2D eigenvalue weighted by Gasteiger charge is -1.93. The van der Waals surface area contributed by atoms with Crippen LogP contribution in [0.15, 0.2) is 12.4 Å². The van der Waals surface area contributed by atoms with Crippen LogP contribution in [0.3, 0.4) is 0 Å². The molecular formula is C6H8N4. The van der Waals surface area contributed by atoms with Gasteiger partial charge in [-0.15, -0.1) is 0 Å². The van der Waals surface area contributed by atoms with E-state index in [1.165, 1.54) is 0 Å². The van der Waals surface area contributed by atoms with Crippen LogP contribution in [0.5, 0.6) is 0 Å². The van der Waals surface area contributed by atoms with Crippen molar-refractivity contribution >= 4 is 0 Å². The van der Waals surface area contributed by atoms with Crippen LogP contribution in [0, 0.1) is 11.3 Å². The van der Waals surface area contributed by atoms with Gasteiger partial charge in [-0.05, 0) is 0 Å². The second kappa shape index (κ2) is 2.50. The lowest BCUT2D eigenvalue weighted by molar-refractivity contribution is 0.766. The summed E-state index contributed by atoms with van der Waals surface area (Å²) in [6.07, 6.45) is 3.32. The van der Waals surface area contributed by atoms with Crippen molar-refractivity contribution in [3.8, 4) is 6.07 Å². The minimum atomic E-state index is -0.548. The molecule has 0 bridgehead atoms. The highest BCUT2D eigenvalue weighted by Crippen LogP contribution is 2.05. The van der Waals surface area contributed by atoms with Crippen molar-refractivity contribution < 1.29 is 0 Å². The standard InChI is InChI=1S/C6H8N4/c1-10-4-5(3-9-10)6(8)2-7/h3-4,6H,8H2,1H3/t6-/m1/s1. The second-order valence-corrected chi connectivity index (χ2v) is 2.05. The fourth-order valence-electron chi connectivity index (χ4n) is 0.675. The fourth-order valence-corrected chi connectivity index (χ4v) is 0.675. The molecule has 4 heteroatoms. The number of nitrogens with two attached hydrogens (primary N) is 1. The Kier molecular flexibility index (Phi) is 1.69. The molecule has 0 unspecified atom stereocenters. The summed E-state index contributed by atoms with van der Waals surface area (Å²) in [4.78, 5) is 0. The molecule has 10 heavy (non-hydrogen) atoms. The molecule has 0 saturated carbocycles. The molecule has 0 aliphatic rings. The van der Waals surface area contributed by atoms with E-state index in [1.807, 2.05) is 6.07 Å². The summed E-state index contributed by atoms with van der Waals surface area (Å²) in [5, 5.41) is 12.3. The number of hydrogen-bond donors (Lipinski definition) is 1. The third-order valence-corrected chi connectivity index (χ3v) is 1.22. The van der Waals surface area contributed by atoms with Crippen molar-refractivity contribution in [1.29, 1.82) is 5.26 Å². The van der Waals surface area contributed by atoms with Gasteiger partial charge in [-0.1, -0.05) is 0 Å². The predicted octanol–water partition coefficient (Wildman–Crippen LogP) is -0.0565. The molecule has 0 fully saturated rings. The average molecular weight is 136 g/mol. The molecule has 0 amide bonds. The van der Waals surface area contributed by atoms with E-state index in [0.717, 1.165) is 5.56 Å². The molecule has 2 N–H and O–H groups in total. The Morgan fingerprint density at radius 3 is 3.00 bits per heavy atom. The van der Waals surface area contributed by atoms with Crippen LogP contribution in [0.2, 0.25) is 0 Å². The van der Waals surface area contributed by atoms with Crippen LogP contribution in [-0.4, -0.2) is 9.78 Å². The summed E-state index contributed by atoms with van der Waals surface area (Å²) in [5.74, 6) is 0. The summed E-state index contributed by atoms with van der Waals surface area (Å²) in [6.45, 7) is 0. The van der Waals surface area contributed by atoms with Gasteiger partial charge in [0.05, 0.1) is 12.3 Å². The Bertz CT molecular complexity index is 257. The molecule has 0 radical (unpaired) electrons. The van der Waals surface area contributed by atoms with Crippen LogP contribution in [-0.2, 0) is 7.05 Å². The van der Waals surface area contributed by atoms with E-state index in [1.54, 1.807) is 24.1 Å². The molecule has 0 aliphatic carbocycles. The Balaban J connectivity index is 2.87. The molecule has 1 aromatic heterocycles. The second-order valence-electron chi connectivity index (χ2n) is 2.05. The van der Waals surface area contributed by atoms with Gasteiger partial charge in [0.2, 0.25) is 0 Å². The summed E-state index contributed by atoms with van der Waals surface area (Å²) < 4.78 is 1.62. The Labute approximate surface area is 58.9 Å². The van der Waals surface area contributed by atoms with Crippen LogP contribution in [0.1, 0.15) is 11.6 Å². The van der Waals surface area contributed by atoms with Crippen molar-refractivity contribution in [3.05, 3.63) is 18.0 Å². The predicted molar refractivity (Wildman–Crippen MR) is 35.7 cm³/mol. The van der Waals surface area contributed by atoms with Gasteiger partial charge in [0, 0.05) is 18.8 Å². The van der Waals surface area contributed by atoms with Gasteiger partial charge in [-0.2, -0.15) is 10.4 Å². The number of aromatic nitrogens is 2. The van der Waals surface area contributed by atoms with Crippen molar-refractivity contribution in [2.45, 2.75) is 6.04 Å². The van der Waals surface area contributed by atoms with Gasteiger partial charge < -0.3 is 5.73 Å². The van der Waals surface area contributed by atoms with E-state index < -0.39 is 6.04 Å². The molecule has 0 spiro atoms. The third-order valence-electron chi connectivity index (χ3n) is 1.22. The fraction of sp³-hybridized carbons (Fsp3) is 0.333. The first-order valence-corrected chi connectivity index (χ1v) is 2.88. The number of hydrogen-bond acceptors (Lipinski definition) is 3. The van der Waals surface area contributed by atoms with Gasteiger partial charge in [0.25, 0.3) is 0 Å². The van der Waals surface area contributed by atoms with Crippen LogP contribution in [0.25, 0.3) is 0 Å². The summed E-state index contributed by atoms with van der Waals surface area (Å²) in [6, 6.07) is 1.37. The summed E-state index contributed by atoms with van der Waals surface area (Å²) in [7, 11) is 1.79. The maximum atomic E-state index is 8.39. The highest BCUT2D eigenvalue weighted by atomic mass is 15.2. The Morgan fingerprint density at radius 2 is 2.60 bits per heavy atom. The number of nitrogens with zero attached hydrogens (tertiary/aromatic N) is 3. The van der Waals surface area contributed by atoms with Crippen molar-refractivity contribution in [2.24, 2.45) is 12.8 Å². The van der Waals surface area contributed by atoms with Gasteiger partial charge in [0.15, 0.2) is 0 Å². The van der Waals surface area contributed by atoms with Crippen molar-refractivity contribution in [3.63, 3.8) is 0 Å². The van der Waals surface area contributed by atoms with Crippen molar-refractivity contribution in [1.82, 2.24) is 9.78 Å². The molecule has 0 aromatic carbocycles. The zero-order valence-electron chi connectivity index (χ0n) is 5.65. The largest absolute Gasteiger partial charge is 0.312 e. The minimum absolute atomic E-state index is 0.548. The van der Waals surface area contributed by atoms with E-state index in [-0.39, 0.29) is 0 Å². The maximum Gasteiger partial charge on any atom is 0.121 e.